The van der Waals surface area contributed by atoms with Crippen LogP contribution in [0.2, 0.25) is 0 Å². The number of benzene rings is 2. The molecule has 2 aromatic rings. The SMILES string of the molecule is CC(C)NC(Cc1ccccc1)C(=O)NC(Cc1ccccc1)C(=O)NC(CCCNC(=N)N)C(=O)NC(CCCCN)C(=O)C(C)C. The van der Waals surface area contributed by atoms with Gasteiger partial charge in [0.1, 0.15) is 12.1 Å². The summed E-state index contributed by atoms with van der Waals surface area (Å²) in [5, 5.41) is 22.2. The fourth-order valence-electron chi connectivity index (χ4n) is 5.33. The lowest BCUT2D eigenvalue weighted by atomic mass is 9.96. The zero-order valence-electron chi connectivity index (χ0n) is 28.9. The summed E-state index contributed by atoms with van der Waals surface area (Å²) in [7, 11) is 0. The number of hydrogen-bond donors (Lipinski definition) is 8. The second-order valence-corrected chi connectivity index (χ2v) is 12.8. The Bertz CT molecular complexity index is 1290. The highest BCUT2D eigenvalue weighted by atomic mass is 16.2. The number of ketones is 1. The fourth-order valence-corrected chi connectivity index (χ4v) is 5.33. The number of Topliss-reactive ketones (excluding diaryl/α,β-unsaturated/α-hetero) is 1. The molecule has 10 N–H and O–H groups in total. The Morgan fingerprint density at radius 1 is 0.667 bits per heavy atom. The van der Waals surface area contributed by atoms with Gasteiger partial charge in [-0.2, -0.15) is 0 Å². The molecule has 0 bridgehead atoms. The number of carbonyl (C=O) groups excluding carboxylic acids is 4. The number of hydrogen-bond acceptors (Lipinski definition) is 7. The summed E-state index contributed by atoms with van der Waals surface area (Å²) >= 11 is 0. The van der Waals surface area contributed by atoms with Crippen LogP contribution in [0.3, 0.4) is 0 Å². The van der Waals surface area contributed by atoms with Gasteiger partial charge in [0.05, 0.1) is 12.1 Å². The molecule has 48 heavy (non-hydrogen) atoms. The van der Waals surface area contributed by atoms with Crippen LogP contribution in [0.1, 0.15) is 70.9 Å². The zero-order valence-corrected chi connectivity index (χ0v) is 28.9. The molecule has 0 fully saturated rings. The van der Waals surface area contributed by atoms with Crippen molar-refractivity contribution in [1.29, 1.82) is 5.41 Å². The number of rotatable bonds is 22. The first-order chi connectivity index (χ1) is 22.9. The molecule has 264 valence electrons. The lowest BCUT2D eigenvalue weighted by Crippen LogP contribution is -2.58. The summed E-state index contributed by atoms with van der Waals surface area (Å²) in [6, 6.07) is 15.7. The Hall–Kier alpha value is -4.29. The Morgan fingerprint density at radius 3 is 1.67 bits per heavy atom. The van der Waals surface area contributed by atoms with Crippen molar-refractivity contribution in [1.82, 2.24) is 26.6 Å². The Labute approximate surface area is 285 Å². The number of nitrogens with one attached hydrogen (secondary N) is 6. The van der Waals surface area contributed by atoms with Crippen molar-refractivity contribution < 1.29 is 19.2 Å². The minimum atomic E-state index is -1.01. The van der Waals surface area contributed by atoms with E-state index in [1.807, 2.05) is 74.5 Å². The second-order valence-electron chi connectivity index (χ2n) is 12.8. The quantitative estimate of drug-likeness (QED) is 0.0529. The first-order valence-corrected chi connectivity index (χ1v) is 17.0. The van der Waals surface area contributed by atoms with Gasteiger partial charge in [-0.25, -0.2) is 0 Å². The standard InChI is InChI=1S/C36H56N8O4/c1-24(2)32(45)28(18-11-12-20-37)42-33(46)29(19-13-21-40-36(38)39)43-35(48)31(23-27-16-9-6-10-17-27)44-34(47)30(41-25(3)4)22-26-14-7-5-8-15-26/h5-10,14-17,24-25,28-31,41H,11-13,18-23,37H2,1-4H3,(H,42,46)(H,43,48)(H,44,47)(H4,38,39,40). The number of amides is 3. The minimum absolute atomic E-state index is 0.00824. The molecule has 3 amide bonds. The van der Waals surface area contributed by atoms with Gasteiger partial charge < -0.3 is 38.1 Å². The molecule has 0 radical (unpaired) electrons. The highest BCUT2D eigenvalue weighted by Crippen LogP contribution is 2.11. The van der Waals surface area contributed by atoms with E-state index in [1.54, 1.807) is 13.8 Å². The molecule has 0 aliphatic heterocycles. The van der Waals surface area contributed by atoms with Crippen LogP contribution in [0.4, 0.5) is 0 Å². The average molecular weight is 665 g/mol. The first-order valence-electron chi connectivity index (χ1n) is 17.0. The highest BCUT2D eigenvalue weighted by Gasteiger charge is 2.31. The molecule has 0 saturated carbocycles. The van der Waals surface area contributed by atoms with Crippen molar-refractivity contribution in [2.45, 2.75) is 103 Å². The maximum Gasteiger partial charge on any atom is 0.243 e. The largest absolute Gasteiger partial charge is 0.370 e. The molecular formula is C36H56N8O4. The monoisotopic (exact) mass is 664 g/mol. The van der Waals surface area contributed by atoms with Gasteiger partial charge in [-0.05, 0) is 56.2 Å². The molecule has 4 atom stereocenters. The van der Waals surface area contributed by atoms with E-state index in [0.29, 0.717) is 45.2 Å². The smallest absolute Gasteiger partial charge is 0.243 e. The highest BCUT2D eigenvalue weighted by molar-refractivity contribution is 5.95. The third-order valence-corrected chi connectivity index (χ3v) is 7.84. The number of guanidine groups is 1. The topological polar surface area (TPSA) is 204 Å². The third-order valence-electron chi connectivity index (χ3n) is 7.84. The normalized spacial score (nSPS) is 13.6. The predicted octanol–water partition coefficient (Wildman–Crippen LogP) is 1.91. The molecule has 0 aromatic heterocycles. The maximum atomic E-state index is 14.0. The van der Waals surface area contributed by atoms with Crippen LogP contribution in [-0.2, 0) is 32.0 Å². The molecule has 2 aromatic carbocycles. The van der Waals surface area contributed by atoms with E-state index in [9.17, 15) is 19.2 Å². The van der Waals surface area contributed by atoms with E-state index in [0.717, 1.165) is 11.1 Å². The van der Waals surface area contributed by atoms with Crippen molar-refractivity contribution in [3.8, 4) is 0 Å². The van der Waals surface area contributed by atoms with Gasteiger partial charge in [0.25, 0.3) is 0 Å². The van der Waals surface area contributed by atoms with Crippen LogP contribution in [-0.4, -0.2) is 72.8 Å². The maximum absolute atomic E-state index is 14.0. The van der Waals surface area contributed by atoms with Gasteiger partial charge in [-0.1, -0.05) is 88.4 Å². The zero-order chi connectivity index (χ0) is 35.5. The van der Waals surface area contributed by atoms with E-state index >= 15 is 0 Å². The van der Waals surface area contributed by atoms with Crippen molar-refractivity contribution in [2.75, 3.05) is 13.1 Å². The van der Waals surface area contributed by atoms with Crippen molar-refractivity contribution in [3.63, 3.8) is 0 Å². The van der Waals surface area contributed by atoms with Crippen LogP contribution in [0.5, 0.6) is 0 Å². The molecule has 0 aliphatic carbocycles. The van der Waals surface area contributed by atoms with E-state index in [1.165, 1.54) is 0 Å². The summed E-state index contributed by atoms with van der Waals surface area (Å²) in [5.74, 6) is -1.95. The molecular weight excluding hydrogens is 608 g/mol. The van der Waals surface area contributed by atoms with Crippen LogP contribution in [0.25, 0.3) is 0 Å². The third kappa shape index (κ3) is 15.1. The molecule has 0 saturated heterocycles. The van der Waals surface area contributed by atoms with Gasteiger partial charge >= 0.3 is 0 Å². The Kier molecular flexibility index (Phi) is 17.9. The molecule has 4 unspecified atom stereocenters. The molecule has 0 spiro atoms. The van der Waals surface area contributed by atoms with E-state index in [-0.39, 0.29) is 42.5 Å². The summed E-state index contributed by atoms with van der Waals surface area (Å²) in [5.41, 5.74) is 12.9. The molecule has 2 rings (SSSR count). The van der Waals surface area contributed by atoms with Crippen molar-refractivity contribution in [3.05, 3.63) is 71.8 Å². The van der Waals surface area contributed by atoms with E-state index in [2.05, 4.69) is 26.6 Å². The average Bonchev–Trinajstić information content (AvgIpc) is 3.05. The van der Waals surface area contributed by atoms with E-state index < -0.39 is 36.0 Å². The summed E-state index contributed by atoms with van der Waals surface area (Å²) < 4.78 is 0. The Balaban J connectivity index is 2.34. The van der Waals surface area contributed by atoms with E-state index in [4.69, 9.17) is 16.9 Å². The van der Waals surface area contributed by atoms with Crippen molar-refractivity contribution >= 4 is 29.5 Å². The number of nitrogens with two attached hydrogens (primary N) is 2. The fraction of sp³-hybridized carbons (Fsp3) is 0.528. The molecule has 12 nitrogen and oxygen atoms in total. The summed E-state index contributed by atoms with van der Waals surface area (Å²) in [6.07, 6.45) is 3.05. The Morgan fingerprint density at radius 2 is 1.15 bits per heavy atom. The summed E-state index contributed by atoms with van der Waals surface area (Å²) in [4.78, 5) is 54.5. The number of carbonyl (C=O) groups is 4. The second kappa shape index (κ2) is 21.6. The number of unbranched alkanes of at least 4 members (excludes halogenated alkanes) is 1. The van der Waals surface area contributed by atoms with Crippen molar-refractivity contribution in [2.24, 2.45) is 17.4 Å². The first kappa shape index (κ1) is 39.9. The lowest BCUT2D eigenvalue weighted by Gasteiger charge is -2.27. The van der Waals surface area contributed by atoms with Gasteiger partial charge in [0.15, 0.2) is 11.7 Å². The molecule has 12 heteroatoms. The molecule has 0 heterocycles. The van der Waals surface area contributed by atoms with Gasteiger partial charge in [-0.15, -0.1) is 0 Å². The van der Waals surface area contributed by atoms with Gasteiger partial charge in [-0.3, -0.25) is 24.6 Å². The minimum Gasteiger partial charge on any atom is -0.370 e. The van der Waals surface area contributed by atoms with Crippen LogP contribution in [0, 0.1) is 11.3 Å². The van der Waals surface area contributed by atoms with Gasteiger partial charge in [0.2, 0.25) is 17.7 Å². The van der Waals surface area contributed by atoms with Crippen LogP contribution >= 0.6 is 0 Å². The lowest BCUT2D eigenvalue weighted by molar-refractivity contribution is -0.134. The van der Waals surface area contributed by atoms with Crippen LogP contribution < -0.4 is 38.1 Å². The summed E-state index contributed by atoms with van der Waals surface area (Å²) in [6.45, 7) is 8.27. The predicted molar refractivity (Wildman–Crippen MR) is 190 cm³/mol. The van der Waals surface area contributed by atoms with Gasteiger partial charge in [0, 0.05) is 24.9 Å². The van der Waals surface area contributed by atoms with Crippen LogP contribution in [0.15, 0.2) is 60.7 Å². The molecule has 0 aliphatic rings.